The predicted molar refractivity (Wildman–Crippen MR) is 86.8 cm³/mol. The Morgan fingerprint density at radius 3 is 2.61 bits per heavy atom. The van der Waals surface area contributed by atoms with Crippen molar-refractivity contribution in [1.82, 2.24) is 5.32 Å². The van der Waals surface area contributed by atoms with Gasteiger partial charge in [0.05, 0.1) is 8.81 Å². The van der Waals surface area contributed by atoms with Crippen molar-refractivity contribution in [2.24, 2.45) is 11.3 Å². The van der Waals surface area contributed by atoms with Gasteiger partial charge in [-0.3, -0.25) is 0 Å². The number of nitrogens with one attached hydrogen (secondary N) is 1. The fraction of sp³-hybridized carbons (Fsp3) is 0.714. The van der Waals surface area contributed by atoms with Crippen LogP contribution in [-0.2, 0) is 6.42 Å². The number of rotatable bonds is 7. The van der Waals surface area contributed by atoms with Gasteiger partial charge >= 0.3 is 0 Å². The summed E-state index contributed by atoms with van der Waals surface area (Å²) in [5.74, 6) is 0.716. The molecule has 104 valence electrons. The highest BCUT2D eigenvalue weighted by Crippen LogP contribution is 2.34. The molecule has 0 atom stereocenters. The topological polar surface area (TPSA) is 12.0 Å². The van der Waals surface area contributed by atoms with E-state index < -0.39 is 0 Å². The van der Waals surface area contributed by atoms with Crippen molar-refractivity contribution in [3.63, 3.8) is 0 Å². The van der Waals surface area contributed by atoms with Crippen LogP contribution in [0.3, 0.4) is 0 Å². The Labute approximate surface area is 128 Å². The molecule has 0 aliphatic carbocycles. The van der Waals surface area contributed by atoms with Crippen LogP contribution >= 0.6 is 38.9 Å². The molecule has 1 nitrogen and oxygen atoms in total. The van der Waals surface area contributed by atoms with Crippen LogP contribution in [0.25, 0.3) is 0 Å². The first-order chi connectivity index (χ1) is 8.30. The molecule has 1 rings (SSSR count). The summed E-state index contributed by atoms with van der Waals surface area (Å²) < 4.78 is 1.05. The molecule has 1 aromatic rings. The molecule has 0 aliphatic heterocycles. The lowest BCUT2D eigenvalue weighted by Gasteiger charge is -2.25. The Hall–Kier alpha value is 0.430. The summed E-state index contributed by atoms with van der Waals surface area (Å²) in [6.45, 7) is 11.3. The molecule has 0 bridgehead atoms. The number of thiophene rings is 1. The maximum Gasteiger partial charge on any atom is 0.0887 e. The summed E-state index contributed by atoms with van der Waals surface area (Å²) in [6, 6.07) is 2.08. The molecule has 0 aromatic carbocycles. The molecule has 18 heavy (non-hydrogen) atoms. The van der Waals surface area contributed by atoms with Gasteiger partial charge in [-0.05, 0) is 52.7 Å². The third kappa shape index (κ3) is 6.05. The van der Waals surface area contributed by atoms with E-state index in [1.165, 1.54) is 11.3 Å². The number of aryl methyl sites for hydroxylation is 1. The van der Waals surface area contributed by atoms with Crippen molar-refractivity contribution in [1.29, 1.82) is 0 Å². The minimum absolute atomic E-state index is 0.331. The van der Waals surface area contributed by atoms with Crippen LogP contribution in [0.1, 0.15) is 39.0 Å². The van der Waals surface area contributed by atoms with Gasteiger partial charge in [-0.1, -0.05) is 39.3 Å². The first kappa shape index (κ1) is 16.5. The van der Waals surface area contributed by atoms with Gasteiger partial charge in [-0.25, -0.2) is 0 Å². The Balaban J connectivity index is 2.36. The summed E-state index contributed by atoms with van der Waals surface area (Å²) in [6.07, 6.45) is 2.29. The van der Waals surface area contributed by atoms with Gasteiger partial charge < -0.3 is 5.32 Å². The number of hydrogen-bond acceptors (Lipinski definition) is 2. The summed E-state index contributed by atoms with van der Waals surface area (Å²) in [7, 11) is 0. The van der Waals surface area contributed by atoms with E-state index in [2.05, 4.69) is 55.0 Å². The first-order valence-electron chi connectivity index (χ1n) is 6.44. The van der Waals surface area contributed by atoms with Crippen LogP contribution in [0.5, 0.6) is 0 Å². The average Bonchev–Trinajstić information content (AvgIpc) is 2.55. The van der Waals surface area contributed by atoms with Gasteiger partial charge in [0.15, 0.2) is 0 Å². The lowest BCUT2D eigenvalue weighted by molar-refractivity contribution is 0.309. The minimum Gasteiger partial charge on any atom is -0.316 e. The lowest BCUT2D eigenvalue weighted by atomic mass is 9.87. The molecule has 0 saturated heterocycles. The second-order valence-electron chi connectivity index (χ2n) is 6.02. The molecule has 0 amide bonds. The molecule has 1 N–H and O–H groups in total. The Kier molecular flexibility index (Phi) is 6.66. The van der Waals surface area contributed by atoms with E-state index in [4.69, 9.17) is 11.6 Å². The molecule has 1 heterocycles. The van der Waals surface area contributed by atoms with Crippen LogP contribution in [0.15, 0.2) is 9.85 Å². The van der Waals surface area contributed by atoms with Gasteiger partial charge in [-0.2, -0.15) is 0 Å². The largest absolute Gasteiger partial charge is 0.316 e. The zero-order valence-electron chi connectivity index (χ0n) is 11.6. The van der Waals surface area contributed by atoms with Crippen molar-refractivity contribution in [3.05, 3.63) is 19.8 Å². The van der Waals surface area contributed by atoms with E-state index in [0.29, 0.717) is 11.3 Å². The highest BCUT2D eigenvalue weighted by Gasteiger charge is 2.18. The minimum atomic E-state index is 0.331. The third-order valence-electron chi connectivity index (χ3n) is 2.90. The second-order valence-corrected chi connectivity index (χ2v) is 8.89. The van der Waals surface area contributed by atoms with Gasteiger partial charge in [-0.15, -0.1) is 11.3 Å². The van der Waals surface area contributed by atoms with Crippen molar-refractivity contribution in [2.45, 2.75) is 40.5 Å². The highest BCUT2D eigenvalue weighted by molar-refractivity contribution is 9.11. The molecule has 0 aliphatic rings. The van der Waals surface area contributed by atoms with Crippen LogP contribution in [0.2, 0.25) is 5.02 Å². The molecule has 0 fully saturated rings. The van der Waals surface area contributed by atoms with Crippen LogP contribution in [-0.4, -0.2) is 13.1 Å². The monoisotopic (exact) mass is 351 g/mol. The van der Waals surface area contributed by atoms with E-state index in [9.17, 15) is 0 Å². The van der Waals surface area contributed by atoms with E-state index >= 15 is 0 Å². The molecular weight excluding hydrogens is 330 g/mol. The zero-order valence-corrected chi connectivity index (χ0v) is 14.8. The zero-order chi connectivity index (χ0) is 13.8. The highest BCUT2D eigenvalue weighted by atomic mass is 79.9. The summed E-state index contributed by atoms with van der Waals surface area (Å²) in [4.78, 5) is 1.36. The summed E-state index contributed by atoms with van der Waals surface area (Å²) in [5.41, 5.74) is 0.331. The van der Waals surface area contributed by atoms with Crippen molar-refractivity contribution >= 4 is 38.9 Å². The third-order valence-corrected chi connectivity index (χ3v) is 5.43. The molecule has 0 radical (unpaired) electrons. The maximum absolute atomic E-state index is 6.05. The molecule has 0 unspecified atom stereocenters. The Bertz CT molecular complexity index is 354. The molecule has 0 spiro atoms. The van der Waals surface area contributed by atoms with Gasteiger partial charge in [0.25, 0.3) is 0 Å². The SMILES string of the molecule is CC(C)CNCC(C)(C)CCc1cc(Cl)c(Br)s1. The van der Waals surface area contributed by atoms with Crippen molar-refractivity contribution in [3.8, 4) is 0 Å². The fourth-order valence-corrected chi connectivity index (χ4v) is 3.58. The van der Waals surface area contributed by atoms with E-state index in [0.717, 1.165) is 28.3 Å². The quantitative estimate of drug-likeness (QED) is 0.695. The first-order valence-corrected chi connectivity index (χ1v) is 8.43. The summed E-state index contributed by atoms with van der Waals surface area (Å²) in [5, 5.41) is 4.38. The predicted octanol–water partition coefficient (Wildman–Crippen LogP) is 5.37. The normalized spacial score (nSPS) is 12.4. The van der Waals surface area contributed by atoms with Gasteiger partial charge in [0, 0.05) is 11.4 Å². The molecule has 4 heteroatoms. The van der Waals surface area contributed by atoms with Crippen LogP contribution < -0.4 is 5.32 Å². The van der Waals surface area contributed by atoms with Gasteiger partial charge in [0.2, 0.25) is 0 Å². The molecule has 1 aromatic heterocycles. The standard InChI is InChI=1S/C14H23BrClNS/c1-10(2)8-17-9-14(3,4)6-5-11-7-12(16)13(15)18-11/h7,10,17H,5-6,8-9H2,1-4H3. The van der Waals surface area contributed by atoms with Crippen LogP contribution in [0.4, 0.5) is 0 Å². The van der Waals surface area contributed by atoms with E-state index in [-0.39, 0.29) is 0 Å². The Morgan fingerprint density at radius 2 is 2.11 bits per heavy atom. The van der Waals surface area contributed by atoms with E-state index in [1.807, 2.05) is 0 Å². The van der Waals surface area contributed by atoms with Crippen LogP contribution in [0, 0.1) is 11.3 Å². The number of halogens is 2. The van der Waals surface area contributed by atoms with Crippen molar-refractivity contribution in [2.75, 3.05) is 13.1 Å². The van der Waals surface area contributed by atoms with Crippen molar-refractivity contribution < 1.29 is 0 Å². The lowest BCUT2D eigenvalue weighted by Crippen LogP contribution is -2.32. The fourth-order valence-electron chi connectivity index (χ4n) is 1.76. The average molecular weight is 353 g/mol. The smallest absolute Gasteiger partial charge is 0.0887 e. The second kappa shape index (κ2) is 7.28. The molecule has 0 saturated carbocycles. The van der Waals surface area contributed by atoms with Gasteiger partial charge in [0.1, 0.15) is 0 Å². The Morgan fingerprint density at radius 1 is 1.44 bits per heavy atom. The molecular formula is C14H23BrClNS. The summed E-state index contributed by atoms with van der Waals surface area (Å²) >= 11 is 11.3. The van der Waals surface area contributed by atoms with E-state index in [1.54, 1.807) is 11.3 Å². The maximum atomic E-state index is 6.05. The number of hydrogen-bond donors (Lipinski definition) is 1.